The van der Waals surface area contributed by atoms with Crippen molar-refractivity contribution in [3.63, 3.8) is 0 Å². The summed E-state index contributed by atoms with van der Waals surface area (Å²) in [4.78, 5) is 12.6. The first-order chi connectivity index (χ1) is 12.0. The number of rotatable bonds is 4. The standard InChI is InChI=1S/C19H18Cl3NO2/c1-11(25-18-10-15(21)14(20)9-16(18)22)19(24)23-17-8-4-6-12-5-2-3-7-13(12)17/h2-3,5,7,9-11,17H,4,6,8H2,1H3,(H,23,24)/t11-,17-/m1/s1. The van der Waals surface area contributed by atoms with Crippen molar-refractivity contribution in [3.05, 3.63) is 62.6 Å². The largest absolute Gasteiger partial charge is 0.479 e. The van der Waals surface area contributed by atoms with Gasteiger partial charge >= 0.3 is 0 Å². The first-order valence-electron chi connectivity index (χ1n) is 8.15. The van der Waals surface area contributed by atoms with Crippen molar-refractivity contribution in [1.29, 1.82) is 0 Å². The number of hydrogen-bond donors (Lipinski definition) is 1. The minimum absolute atomic E-state index is 0.00720. The van der Waals surface area contributed by atoms with Gasteiger partial charge in [0.05, 0.1) is 21.1 Å². The lowest BCUT2D eigenvalue weighted by molar-refractivity contribution is -0.128. The zero-order valence-electron chi connectivity index (χ0n) is 13.7. The topological polar surface area (TPSA) is 38.3 Å². The average Bonchev–Trinajstić information content (AvgIpc) is 2.60. The Morgan fingerprint density at radius 2 is 1.88 bits per heavy atom. The van der Waals surface area contributed by atoms with E-state index in [1.807, 2.05) is 12.1 Å². The molecule has 2 aromatic rings. The molecule has 3 nitrogen and oxygen atoms in total. The van der Waals surface area contributed by atoms with Crippen LogP contribution in [-0.2, 0) is 11.2 Å². The van der Waals surface area contributed by atoms with Crippen LogP contribution in [0.2, 0.25) is 15.1 Å². The third-order valence-electron chi connectivity index (χ3n) is 4.33. The Balaban J connectivity index is 1.69. The number of benzene rings is 2. The van der Waals surface area contributed by atoms with Gasteiger partial charge in [-0.05, 0) is 43.4 Å². The number of halogens is 3. The van der Waals surface area contributed by atoms with Gasteiger partial charge in [-0.25, -0.2) is 0 Å². The monoisotopic (exact) mass is 397 g/mol. The molecular weight excluding hydrogens is 381 g/mol. The third kappa shape index (κ3) is 4.22. The first kappa shape index (κ1) is 18.4. The van der Waals surface area contributed by atoms with E-state index in [2.05, 4.69) is 17.4 Å². The lowest BCUT2D eigenvalue weighted by Gasteiger charge is -2.27. The Kier molecular flexibility index (Phi) is 5.78. The Morgan fingerprint density at radius 1 is 1.16 bits per heavy atom. The number of ether oxygens (including phenoxy) is 1. The molecule has 0 saturated heterocycles. The summed E-state index contributed by atoms with van der Waals surface area (Å²) in [6.07, 6.45) is 2.32. The van der Waals surface area contributed by atoms with Crippen LogP contribution < -0.4 is 10.1 Å². The second-order valence-electron chi connectivity index (χ2n) is 6.11. The number of amides is 1. The van der Waals surface area contributed by atoms with Gasteiger partial charge in [0.25, 0.3) is 5.91 Å². The quantitative estimate of drug-likeness (QED) is 0.680. The lowest BCUT2D eigenvalue weighted by atomic mass is 9.87. The molecule has 0 radical (unpaired) electrons. The number of nitrogens with one attached hydrogen (secondary N) is 1. The second-order valence-corrected chi connectivity index (χ2v) is 7.33. The summed E-state index contributed by atoms with van der Waals surface area (Å²) in [5.41, 5.74) is 2.47. The molecule has 132 valence electrons. The molecule has 0 heterocycles. The zero-order valence-corrected chi connectivity index (χ0v) is 16.0. The highest BCUT2D eigenvalue weighted by atomic mass is 35.5. The van der Waals surface area contributed by atoms with E-state index in [9.17, 15) is 4.79 Å². The summed E-state index contributed by atoms with van der Waals surface area (Å²) in [6, 6.07) is 11.2. The molecular formula is C19H18Cl3NO2. The van der Waals surface area contributed by atoms with E-state index < -0.39 is 6.10 Å². The van der Waals surface area contributed by atoms with Crippen molar-refractivity contribution in [1.82, 2.24) is 5.32 Å². The minimum Gasteiger partial charge on any atom is -0.479 e. The molecule has 1 aliphatic rings. The van der Waals surface area contributed by atoms with Crippen LogP contribution in [0.15, 0.2) is 36.4 Å². The van der Waals surface area contributed by atoms with Crippen LogP contribution in [0.3, 0.4) is 0 Å². The SMILES string of the molecule is C[C@@H](Oc1cc(Cl)c(Cl)cc1Cl)C(=O)N[C@@H]1CCCc2ccccc21. The van der Waals surface area contributed by atoms with Gasteiger partial charge in [-0.3, -0.25) is 4.79 Å². The predicted octanol–water partition coefficient (Wildman–Crippen LogP) is 5.61. The normalized spacial score (nSPS) is 17.5. The number of carbonyl (C=O) groups excluding carboxylic acids is 1. The van der Waals surface area contributed by atoms with Crippen LogP contribution in [0.25, 0.3) is 0 Å². The Morgan fingerprint density at radius 3 is 2.68 bits per heavy atom. The van der Waals surface area contributed by atoms with Crippen LogP contribution in [0, 0.1) is 0 Å². The van der Waals surface area contributed by atoms with E-state index in [4.69, 9.17) is 39.5 Å². The van der Waals surface area contributed by atoms with Crippen molar-refractivity contribution in [3.8, 4) is 5.75 Å². The molecule has 1 amide bonds. The lowest BCUT2D eigenvalue weighted by Crippen LogP contribution is -2.39. The van der Waals surface area contributed by atoms with Gasteiger partial charge in [0.1, 0.15) is 5.75 Å². The maximum absolute atomic E-state index is 12.6. The highest BCUT2D eigenvalue weighted by Gasteiger charge is 2.24. The van der Waals surface area contributed by atoms with Crippen LogP contribution in [-0.4, -0.2) is 12.0 Å². The van der Waals surface area contributed by atoms with Crippen molar-refractivity contribution < 1.29 is 9.53 Å². The van der Waals surface area contributed by atoms with E-state index >= 15 is 0 Å². The fraction of sp³-hybridized carbons (Fsp3) is 0.316. The molecule has 1 aliphatic carbocycles. The summed E-state index contributed by atoms with van der Waals surface area (Å²) in [7, 11) is 0. The van der Waals surface area contributed by atoms with Crippen LogP contribution in [0.4, 0.5) is 0 Å². The number of fused-ring (bicyclic) bond motifs is 1. The van der Waals surface area contributed by atoms with Crippen molar-refractivity contribution in [2.24, 2.45) is 0 Å². The number of hydrogen-bond acceptors (Lipinski definition) is 2. The van der Waals surface area contributed by atoms with Gasteiger partial charge in [0, 0.05) is 6.07 Å². The smallest absolute Gasteiger partial charge is 0.261 e. The van der Waals surface area contributed by atoms with E-state index in [1.165, 1.54) is 23.3 Å². The number of aryl methyl sites for hydroxylation is 1. The van der Waals surface area contributed by atoms with Gasteiger partial charge in [0.15, 0.2) is 6.10 Å². The molecule has 0 unspecified atom stereocenters. The van der Waals surface area contributed by atoms with Crippen molar-refractivity contribution in [2.75, 3.05) is 0 Å². The predicted molar refractivity (Wildman–Crippen MR) is 102 cm³/mol. The molecule has 0 fully saturated rings. The molecule has 2 atom stereocenters. The van der Waals surface area contributed by atoms with Crippen LogP contribution in [0.5, 0.6) is 5.75 Å². The fourth-order valence-electron chi connectivity index (χ4n) is 3.03. The molecule has 3 rings (SSSR count). The summed E-state index contributed by atoms with van der Waals surface area (Å²) >= 11 is 18.0. The Labute approximate surface area is 162 Å². The van der Waals surface area contributed by atoms with E-state index in [-0.39, 0.29) is 11.9 Å². The minimum atomic E-state index is -0.705. The van der Waals surface area contributed by atoms with E-state index in [0.717, 1.165) is 19.3 Å². The molecule has 6 heteroatoms. The maximum Gasteiger partial charge on any atom is 0.261 e. The maximum atomic E-state index is 12.6. The molecule has 0 spiro atoms. The third-order valence-corrected chi connectivity index (χ3v) is 5.35. The number of carbonyl (C=O) groups is 1. The van der Waals surface area contributed by atoms with Gasteiger partial charge in [-0.1, -0.05) is 59.1 Å². The fourth-order valence-corrected chi connectivity index (χ4v) is 3.61. The van der Waals surface area contributed by atoms with Gasteiger partial charge < -0.3 is 10.1 Å². The summed E-state index contributed by atoms with van der Waals surface area (Å²) in [6.45, 7) is 1.68. The molecule has 0 aromatic heterocycles. The molecule has 1 N–H and O–H groups in total. The van der Waals surface area contributed by atoms with Gasteiger partial charge in [0.2, 0.25) is 0 Å². The summed E-state index contributed by atoms with van der Waals surface area (Å²) < 4.78 is 5.69. The molecule has 0 saturated carbocycles. The van der Waals surface area contributed by atoms with E-state index in [0.29, 0.717) is 20.8 Å². The summed E-state index contributed by atoms with van der Waals surface area (Å²) in [5.74, 6) is 0.145. The zero-order chi connectivity index (χ0) is 18.0. The molecule has 25 heavy (non-hydrogen) atoms. The highest BCUT2D eigenvalue weighted by Crippen LogP contribution is 2.34. The average molecular weight is 399 g/mol. The molecule has 0 aliphatic heterocycles. The Bertz CT molecular complexity index is 794. The second kappa shape index (κ2) is 7.86. The highest BCUT2D eigenvalue weighted by molar-refractivity contribution is 6.43. The van der Waals surface area contributed by atoms with Crippen molar-refractivity contribution >= 4 is 40.7 Å². The van der Waals surface area contributed by atoms with Crippen molar-refractivity contribution in [2.45, 2.75) is 38.3 Å². The molecule has 2 aromatic carbocycles. The first-order valence-corrected chi connectivity index (χ1v) is 9.28. The van der Waals surface area contributed by atoms with Crippen LogP contribution >= 0.6 is 34.8 Å². The van der Waals surface area contributed by atoms with E-state index in [1.54, 1.807) is 6.92 Å². The van der Waals surface area contributed by atoms with Crippen LogP contribution in [0.1, 0.15) is 36.9 Å². The Hall–Kier alpha value is -1.42. The van der Waals surface area contributed by atoms with Gasteiger partial charge in [-0.15, -0.1) is 0 Å². The van der Waals surface area contributed by atoms with Gasteiger partial charge in [-0.2, -0.15) is 0 Å². The molecule has 0 bridgehead atoms. The summed E-state index contributed by atoms with van der Waals surface area (Å²) in [5, 5.41) is 4.06.